The Morgan fingerprint density at radius 1 is 1.26 bits per heavy atom. The number of carboxylic acid groups (broad SMARTS) is 1. The van der Waals surface area contributed by atoms with Crippen molar-refractivity contribution in [1.29, 1.82) is 0 Å². The Labute approximate surface area is 157 Å². The number of carbonyl (C=O) groups is 2. The highest BCUT2D eigenvalue weighted by molar-refractivity contribution is 7.86. The van der Waals surface area contributed by atoms with Gasteiger partial charge in [0.25, 0.3) is 10.1 Å². The van der Waals surface area contributed by atoms with E-state index in [0.717, 1.165) is 5.56 Å². The summed E-state index contributed by atoms with van der Waals surface area (Å²) in [6.45, 7) is 5.84. The maximum atomic E-state index is 12.5. The first-order chi connectivity index (χ1) is 12.4. The highest BCUT2D eigenvalue weighted by Gasteiger charge is 2.55. The molecule has 0 bridgehead atoms. The third-order valence-electron chi connectivity index (χ3n) is 3.81. The van der Waals surface area contributed by atoms with Crippen LogP contribution in [0, 0.1) is 6.92 Å². The van der Waals surface area contributed by atoms with Gasteiger partial charge in [-0.05, 0) is 39.8 Å². The number of rotatable bonds is 5. The molecule has 0 aliphatic carbocycles. The van der Waals surface area contributed by atoms with Gasteiger partial charge in [-0.15, -0.1) is 0 Å². The molecule has 150 valence electrons. The first-order valence-electron chi connectivity index (χ1n) is 8.18. The van der Waals surface area contributed by atoms with Gasteiger partial charge in [-0.1, -0.05) is 17.7 Å². The first-order valence-corrected chi connectivity index (χ1v) is 9.59. The number of amides is 1. The van der Waals surface area contributed by atoms with Crippen LogP contribution in [0.1, 0.15) is 26.3 Å². The smallest absolute Gasteiger partial charge is 0.408 e. The lowest BCUT2D eigenvalue weighted by atomic mass is 9.96. The SMILES string of the molecule is Cc1ccc(S(=O)(=O)OC2COCC2(NC(=O)OC(C)(C)C)C(=O)O)cc1. The number of aliphatic carboxylic acids is 1. The van der Waals surface area contributed by atoms with Gasteiger partial charge in [0.05, 0.1) is 18.1 Å². The Morgan fingerprint density at radius 2 is 1.85 bits per heavy atom. The van der Waals surface area contributed by atoms with Crippen LogP contribution in [-0.4, -0.2) is 56.0 Å². The number of nitrogens with one attached hydrogen (secondary N) is 1. The van der Waals surface area contributed by atoms with Crippen molar-refractivity contribution in [2.75, 3.05) is 13.2 Å². The van der Waals surface area contributed by atoms with E-state index in [4.69, 9.17) is 13.7 Å². The summed E-state index contributed by atoms with van der Waals surface area (Å²) >= 11 is 0. The summed E-state index contributed by atoms with van der Waals surface area (Å²) in [5, 5.41) is 11.9. The van der Waals surface area contributed by atoms with Crippen LogP contribution in [0.4, 0.5) is 4.79 Å². The van der Waals surface area contributed by atoms with Crippen molar-refractivity contribution < 1.29 is 36.8 Å². The predicted octanol–water partition coefficient (Wildman–Crippen LogP) is 1.45. The summed E-state index contributed by atoms with van der Waals surface area (Å²) < 4.78 is 40.4. The Balaban J connectivity index is 2.27. The fourth-order valence-corrected chi connectivity index (χ4v) is 3.55. The summed E-state index contributed by atoms with van der Waals surface area (Å²) in [6, 6.07) is 5.88. The summed E-state index contributed by atoms with van der Waals surface area (Å²) in [5.41, 5.74) is -2.11. The van der Waals surface area contributed by atoms with Gasteiger partial charge in [-0.25, -0.2) is 9.59 Å². The average Bonchev–Trinajstić information content (AvgIpc) is 2.88. The molecule has 2 unspecified atom stereocenters. The molecule has 1 aliphatic heterocycles. The standard InChI is InChI=1S/C17H23NO8S/c1-11-5-7-12(8-6-11)27(22,23)26-13-9-24-10-17(13,14(19)20)18-15(21)25-16(2,3)4/h5-8,13H,9-10H2,1-4H3,(H,18,21)(H,19,20). The van der Waals surface area contributed by atoms with Crippen molar-refractivity contribution in [1.82, 2.24) is 5.32 Å². The molecular weight excluding hydrogens is 378 g/mol. The van der Waals surface area contributed by atoms with E-state index in [2.05, 4.69) is 5.32 Å². The van der Waals surface area contributed by atoms with Crippen LogP contribution in [0.25, 0.3) is 0 Å². The zero-order valence-corrected chi connectivity index (χ0v) is 16.3. The van der Waals surface area contributed by atoms with E-state index in [0.29, 0.717) is 0 Å². The van der Waals surface area contributed by atoms with Crippen LogP contribution in [-0.2, 0) is 28.6 Å². The van der Waals surface area contributed by atoms with Gasteiger partial charge < -0.3 is 19.9 Å². The normalized spacial score (nSPS) is 23.0. The van der Waals surface area contributed by atoms with E-state index >= 15 is 0 Å². The van der Waals surface area contributed by atoms with Crippen LogP contribution in [0.3, 0.4) is 0 Å². The monoisotopic (exact) mass is 401 g/mol. The van der Waals surface area contributed by atoms with E-state index in [-0.39, 0.29) is 11.5 Å². The van der Waals surface area contributed by atoms with Crippen LogP contribution in [0.15, 0.2) is 29.2 Å². The van der Waals surface area contributed by atoms with Gasteiger partial charge in [0.2, 0.25) is 0 Å². The number of carboxylic acids is 1. The quantitative estimate of drug-likeness (QED) is 0.710. The Morgan fingerprint density at radius 3 is 2.37 bits per heavy atom. The molecule has 1 amide bonds. The van der Waals surface area contributed by atoms with Gasteiger partial charge in [0.15, 0.2) is 5.54 Å². The third kappa shape index (κ3) is 4.96. The average molecular weight is 401 g/mol. The summed E-state index contributed by atoms with van der Waals surface area (Å²) in [4.78, 5) is 23.8. The van der Waals surface area contributed by atoms with Crippen LogP contribution in [0.2, 0.25) is 0 Å². The molecule has 0 radical (unpaired) electrons. The van der Waals surface area contributed by atoms with E-state index in [1.54, 1.807) is 39.8 Å². The van der Waals surface area contributed by atoms with Crippen LogP contribution in [0.5, 0.6) is 0 Å². The largest absolute Gasteiger partial charge is 0.479 e. The zero-order valence-electron chi connectivity index (χ0n) is 15.5. The lowest BCUT2D eigenvalue weighted by Crippen LogP contribution is -2.63. The van der Waals surface area contributed by atoms with Gasteiger partial charge in [-0.3, -0.25) is 4.18 Å². The first kappa shape index (κ1) is 21.1. The molecule has 2 rings (SSSR count). The van der Waals surface area contributed by atoms with E-state index in [1.165, 1.54) is 12.1 Å². The minimum atomic E-state index is -4.27. The molecule has 1 saturated heterocycles. The molecule has 10 heteroatoms. The molecule has 9 nitrogen and oxygen atoms in total. The Bertz CT molecular complexity index is 812. The highest BCUT2D eigenvalue weighted by Crippen LogP contribution is 2.27. The van der Waals surface area contributed by atoms with Crippen molar-refractivity contribution in [3.63, 3.8) is 0 Å². The highest BCUT2D eigenvalue weighted by atomic mass is 32.2. The molecule has 2 atom stereocenters. The minimum Gasteiger partial charge on any atom is -0.479 e. The molecule has 1 aliphatic rings. The third-order valence-corrected chi connectivity index (χ3v) is 5.14. The molecule has 0 spiro atoms. The number of hydrogen-bond donors (Lipinski definition) is 2. The predicted molar refractivity (Wildman–Crippen MR) is 93.8 cm³/mol. The van der Waals surface area contributed by atoms with E-state index in [1.807, 2.05) is 0 Å². The summed E-state index contributed by atoms with van der Waals surface area (Å²) in [7, 11) is -4.27. The maximum absolute atomic E-state index is 12.5. The summed E-state index contributed by atoms with van der Waals surface area (Å²) in [5.74, 6) is -1.49. The van der Waals surface area contributed by atoms with Crippen molar-refractivity contribution in [2.45, 2.75) is 49.8 Å². The number of aryl methyl sites for hydroxylation is 1. The summed E-state index contributed by atoms with van der Waals surface area (Å²) in [6.07, 6.45) is -2.48. The van der Waals surface area contributed by atoms with Crippen molar-refractivity contribution >= 4 is 22.2 Å². The molecule has 0 aromatic heterocycles. The molecule has 0 saturated carbocycles. The lowest BCUT2D eigenvalue weighted by Gasteiger charge is -2.31. The van der Waals surface area contributed by atoms with Crippen LogP contribution < -0.4 is 5.32 Å². The zero-order chi connectivity index (χ0) is 20.5. The second-order valence-electron chi connectivity index (χ2n) is 7.27. The maximum Gasteiger partial charge on any atom is 0.408 e. The fraction of sp³-hybridized carbons (Fsp3) is 0.529. The molecule has 1 fully saturated rings. The lowest BCUT2D eigenvalue weighted by molar-refractivity contribution is -0.147. The van der Waals surface area contributed by atoms with Crippen molar-refractivity contribution in [2.24, 2.45) is 0 Å². The molecule has 27 heavy (non-hydrogen) atoms. The van der Waals surface area contributed by atoms with Gasteiger partial charge in [0, 0.05) is 0 Å². The van der Waals surface area contributed by atoms with E-state index < -0.39 is 46.0 Å². The Hall–Kier alpha value is -2.17. The number of benzene rings is 1. The number of hydrogen-bond acceptors (Lipinski definition) is 7. The van der Waals surface area contributed by atoms with Gasteiger partial charge in [0.1, 0.15) is 11.7 Å². The second-order valence-corrected chi connectivity index (χ2v) is 8.84. The van der Waals surface area contributed by atoms with Crippen LogP contribution >= 0.6 is 0 Å². The minimum absolute atomic E-state index is 0.128. The molecular formula is C17H23NO8S. The van der Waals surface area contributed by atoms with E-state index in [9.17, 15) is 23.1 Å². The van der Waals surface area contributed by atoms with Gasteiger partial charge >= 0.3 is 12.1 Å². The van der Waals surface area contributed by atoms with Crippen molar-refractivity contribution in [3.05, 3.63) is 29.8 Å². The molecule has 1 aromatic carbocycles. The topological polar surface area (TPSA) is 128 Å². The second kappa shape index (κ2) is 7.45. The number of carbonyl (C=O) groups excluding carboxylic acids is 1. The molecule has 1 aromatic rings. The van der Waals surface area contributed by atoms with Gasteiger partial charge in [-0.2, -0.15) is 8.42 Å². The molecule has 1 heterocycles. The van der Waals surface area contributed by atoms with Crippen molar-refractivity contribution in [3.8, 4) is 0 Å². The fourth-order valence-electron chi connectivity index (χ4n) is 2.44. The molecule has 2 N–H and O–H groups in total. The number of alkyl carbamates (subject to hydrolysis) is 1. The Kier molecular flexibility index (Phi) is 5.83. The number of ether oxygens (including phenoxy) is 2.